The van der Waals surface area contributed by atoms with Crippen molar-refractivity contribution < 1.29 is 35.1 Å². The SMILES string of the molecule is CC(C)=CCC/C(C)=C/Cc1c(O)cc2c(c1O)C(=O)CC(c1c(O)cc(O)cc1O)O2. The van der Waals surface area contributed by atoms with Crippen LogP contribution in [0.4, 0.5) is 0 Å². The second-order valence-electron chi connectivity index (χ2n) is 8.30. The quantitative estimate of drug-likeness (QED) is 0.393. The molecular weight excluding hydrogens is 412 g/mol. The molecule has 0 saturated heterocycles. The van der Waals surface area contributed by atoms with Crippen LogP contribution in [0, 0.1) is 0 Å². The number of allylic oxidation sites excluding steroid dienone is 4. The molecule has 1 unspecified atom stereocenters. The van der Waals surface area contributed by atoms with E-state index in [1.54, 1.807) is 0 Å². The Hall–Kier alpha value is -3.61. The molecule has 1 aliphatic heterocycles. The largest absolute Gasteiger partial charge is 0.508 e. The second kappa shape index (κ2) is 9.26. The van der Waals surface area contributed by atoms with Crippen LogP contribution in [0.5, 0.6) is 34.5 Å². The minimum absolute atomic E-state index is 0.0394. The van der Waals surface area contributed by atoms with Gasteiger partial charge in [-0.05, 0) is 40.0 Å². The molecular formula is C25H28O7. The van der Waals surface area contributed by atoms with Crippen molar-refractivity contribution in [1.29, 1.82) is 0 Å². The minimum atomic E-state index is -1.04. The average molecular weight is 440 g/mol. The summed E-state index contributed by atoms with van der Waals surface area (Å²) in [6.07, 6.45) is 4.76. The Bertz CT molecular complexity index is 1080. The number of fused-ring (bicyclic) bond motifs is 1. The number of hydrogen-bond donors (Lipinski definition) is 5. The molecule has 1 aliphatic rings. The molecule has 1 heterocycles. The molecule has 32 heavy (non-hydrogen) atoms. The van der Waals surface area contributed by atoms with Crippen LogP contribution in [0.2, 0.25) is 0 Å². The predicted molar refractivity (Wildman–Crippen MR) is 120 cm³/mol. The third-order valence-electron chi connectivity index (χ3n) is 5.45. The number of benzene rings is 2. The monoisotopic (exact) mass is 440 g/mol. The van der Waals surface area contributed by atoms with Gasteiger partial charge in [-0.3, -0.25) is 4.79 Å². The number of Topliss-reactive ketones (excluding diaryl/α,β-unsaturated/α-hetero) is 1. The van der Waals surface area contributed by atoms with Crippen molar-refractivity contribution in [2.45, 2.75) is 52.6 Å². The Balaban J connectivity index is 1.88. The maximum atomic E-state index is 12.8. The van der Waals surface area contributed by atoms with Gasteiger partial charge in [0.25, 0.3) is 0 Å². The molecule has 7 nitrogen and oxygen atoms in total. The minimum Gasteiger partial charge on any atom is -0.508 e. The summed E-state index contributed by atoms with van der Waals surface area (Å²) in [5, 5.41) is 50.9. The standard InChI is InChI=1S/C25H28O7/c1-13(2)5-4-6-14(3)7-8-16-17(27)11-22-24(25(16)31)20(30)12-21(32-22)23-18(28)9-15(26)10-19(23)29/h5,7,9-11,21,26-29,31H,4,6,8,12H2,1-3H3/b14-7+. The highest BCUT2D eigenvalue weighted by Crippen LogP contribution is 2.48. The first-order chi connectivity index (χ1) is 15.1. The summed E-state index contributed by atoms with van der Waals surface area (Å²) < 4.78 is 5.74. The number of carbonyl (C=O) groups excluding carboxylic acids is 1. The van der Waals surface area contributed by atoms with Crippen molar-refractivity contribution in [3.05, 3.63) is 58.2 Å². The smallest absolute Gasteiger partial charge is 0.174 e. The number of rotatable bonds is 6. The number of phenols is 5. The highest BCUT2D eigenvalue weighted by molar-refractivity contribution is 6.03. The van der Waals surface area contributed by atoms with Crippen LogP contribution >= 0.6 is 0 Å². The molecule has 1 atom stereocenters. The Morgan fingerprint density at radius 2 is 1.66 bits per heavy atom. The van der Waals surface area contributed by atoms with Gasteiger partial charge in [0, 0.05) is 23.8 Å². The van der Waals surface area contributed by atoms with E-state index in [1.807, 2.05) is 26.8 Å². The molecule has 7 heteroatoms. The normalized spacial score (nSPS) is 15.8. The van der Waals surface area contributed by atoms with E-state index in [4.69, 9.17) is 4.74 Å². The molecule has 2 aromatic carbocycles. The van der Waals surface area contributed by atoms with E-state index in [-0.39, 0.29) is 52.5 Å². The van der Waals surface area contributed by atoms with E-state index >= 15 is 0 Å². The summed E-state index contributed by atoms with van der Waals surface area (Å²) >= 11 is 0. The number of hydrogen-bond acceptors (Lipinski definition) is 7. The summed E-state index contributed by atoms with van der Waals surface area (Å²) in [6, 6.07) is 3.32. The fourth-order valence-electron chi connectivity index (χ4n) is 3.77. The first-order valence-corrected chi connectivity index (χ1v) is 10.4. The fourth-order valence-corrected chi connectivity index (χ4v) is 3.77. The first-order valence-electron chi connectivity index (χ1n) is 10.4. The summed E-state index contributed by atoms with van der Waals surface area (Å²) in [4.78, 5) is 12.8. The lowest BCUT2D eigenvalue weighted by Crippen LogP contribution is -2.21. The average Bonchev–Trinajstić information content (AvgIpc) is 2.66. The van der Waals surface area contributed by atoms with Crippen LogP contribution in [-0.2, 0) is 6.42 Å². The molecule has 0 saturated carbocycles. The second-order valence-corrected chi connectivity index (χ2v) is 8.30. The first kappa shape index (κ1) is 23.1. The zero-order valence-corrected chi connectivity index (χ0v) is 18.3. The summed E-state index contributed by atoms with van der Waals surface area (Å²) in [5.74, 6) is -2.24. The van der Waals surface area contributed by atoms with Gasteiger partial charge in [-0.25, -0.2) is 0 Å². The van der Waals surface area contributed by atoms with Crippen molar-refractivity contribution >= 4 is 5.78 Å². The van der Waals surface area contributed by atoms with Gasteiger partial charge in [0.15, 0.2) is 5.78 Å². The van der Waals surface area contributed by atoms with E-state index < -0.39 is 23.4 Å². The maximum absolute atomic E-state index is 12.8. The highest BCUT2D eigenvalue weighted by atomic mass is 16.5. The van der Waals surface area contributed by atoms with Crippen molar-refractivity contribution in [3.63, 3.8) is 0 Å². The van der Waals surface area contributed by atoms with Gasteiger partial charge in [-0.15, -0.1) is 0 Å². The van der Waals surface area contributed by atoms with E-state index in [0.29, 0.717) is 0 Å². The number of ketones is 1. The van der Waals surface area contributed by atoms with Crippen molar-refractivity contribution in [2.24, 2.45) is 0 Å². The van der Waals surface area contributed by atoms with Gasteiger partial charge < -0.3 is 30.3 Å². The Kier molecular flexibility index (Phi) is 6.67. The number of aromatic hydroxyl groups is 5. The molecule has 2 aromatic rings. The van der Waals surface area contributed by atoms with E-state index in [2.05, 4.69) is 6.08 Å². The van der Waals surface area contributed by atoms with Crippen molar-refractivity contribution in [3.8, 4) is 34.5 Å². The highest BCUT2D eigenvalue weighted by Gasteiger charge is 2.35. The predicted octanol–water partition coefficient (Wildman–Crippen LogP) is 5.16. The molecule has 0 radical (unpaired) electrons. The third-order valence-corrected chi connectivity index (χ3v) is 5.45. The zero-order valence-electron chi connectivity index (χ0n) is 18.3. The number of carbonyl (C=O) groups is 1. The lowest BCUT2D eigenvalue weighted by Gasteiger charge is -2.28. The topological polar surface area (TPSA) is 127 Å². The Morgan fingerprint density at radius 3 is 2.28 bits per heavy atom. The molecule has 0 aromatic heterocycles. The van der Waals surface area contributed by atoms with Gasteiger partial charge in [-0.2, -0.15) is 0 Å². The molecule has 3 rings (SSSR count). The van der Waals surface area contributed by atoms with Crippen LogP contribution in [0.25, 0.3) is 0 Å². The molecule has 170 valence electrons. The third kappa shape index (κ3) is 4.82. The van der Waals surface area contributed by atoms with Crippen molar-refractivity contribution in [1.82, 2.24) is 0 Å². The van der Waals surface area contributed by atoms with E-state index in [1.165, 1.54) is 11.6 Å². The van der Waals surface area contributed by atoms with Gasteiger partial charge in [0.2, 0.25) is 0 Å². The molecule has 0 fully saturated rings. The van der Waals surface area contributed by atoms with E-state index in [0.717, 1.165) is 30.5 Å². The fraction of sp³-hybridized carbons (Fsp3) is 0.320. The summed E-state index contributed by atoms with van der Waals surface area (Å²) in [7, 11) is 0. The van der Waals surface area contributed by atoms with Crippen LogP contribution in [-0.4, -0.2) is 31.3 Å². The number of ether oxygens (including phenoxy) is 1. The Morgan fingerprint density at radius 1 is 1.00 bits per heavy atom. The molecule has 0 bridgehead atoms. The van der Waals surface area contributed by atoms with Crippen molar-refractivity contribution in [2.75, 3.05) is 0 Å². The van der Waals surface area contributed by atoms with Gasteiger partial charge >= 0.3 is 0 Å². The number of phenolic OH excluding ortho intramolecular Hbond substituents is 5. The zero-order chi connectivity index (χ0) is 23.6. The molecule has 5 N–H and O–H groups in total. The van der Waals surface area contributed by atoms with Crippen LogP contribution in [0.1, 0.15) is 67.6 Å². The van der Waals surface area contributed by atoms with Crippen LogP contribution in [0.15, 0.2) is 41.5 Å². The van der Waals surface area contributed by atoms with E-state index in [9.17, 15) is 30.3 Å². The molecule has 0 amide bonds. The Labute approximate surface area is 186 Å². The van der Waals surface area contributed by atoms with Crippen LogP contribution < -0.4 is 4.74 Å². The molecule has 0 aliphatic carbocycles. The lowest BCUT2D eigenvalue weighted by molar-refractivity contribution is 0.0838. The van der Waals surface area contributed by atoms with Gasteiger partial charge in [0.1, 0.15) is 46.2 Å². The summed E-state index contributed by atoms with van der Waals surface area (Å²) in [6.45, 7) is 6.05. The van der Waals surface area contributed by atoms with Gasteiger partial charge in [0.05, 0.1) is 12.0 Å². The van der Waals surface area contributed by atoms with Gasteiger partial charge in [-0.1, -0.05) is 23.3 Å². The van der Waals surface area contributed by atoms with Crippen LogP contribution in [0.3, 0.4) is 0 Å². The summed E-state index contributed by atoms with van der Waals surface area (Å²) in [5.41, 5.74) is 2.48. The maximum Gasteiger partial charge on any atom is 0.174 e. The lowest BCUT2D eigenvalue weighted by atomic mass is 9.92. The molecule has 0 spiro atoms.